The Balaban J connectivity index is 2.20. The lowest BCUT2D eigenvalue weighted by atomic mass is 10.2. The van der Waals surface area contributed by atoms with Gasteiger partial charge >= 0.3 is 0 Å². The number of aryl methyl sites for hydroxylation is 1. The lowest BCUT2D eigenvalue weighted by Gasteiger charge is -2.12. The summed E-state index contributed by atoms with van der Waals surface area (Å²) in [4.78, 5) is 4.40. The molecular formula is C15H18BrN3O. The van der Waals surface area contributed by atoms with Gasteiger partial charge in [-0.2, -0.15) is 4.98 Å². The van der Waals surface area contributed by atoms with E-state index in [0.717, 1.165) is 28.0 Å². The third kappa shape index (κ3) is 3.63. The van der Waals surface area contributed by atoms with E-state index in [9.17, 15) is 0 Å². The number of anilines is 3. The number of hydrogen-bond acceptors (Lipinski definition) is 4. The summed E-state index contributed by atoms with van der Waals surface area (Å²) in [5.74, 6) is 1.20. The second-order valence-electron chi connectivity index (χ2n) is 4.52. The predicted octanol–water partition coefficient (Wildman–Crippen LogP) is 4.27. The molecule has 0 saturated heterocycles. The molecule has 0 aliphatic carbocycles. The van der Waals surface area contributed by atoms with Crippen LogP contribution >= 0.6 is 15.9 Å². The second kappa shape index (κ2) is 6.61. The maximum absolute atomic E-state index is 5.85. The van der Waals surface area contributed by atoms with Gasteiger partial charge in [0.15, 0.2) is 0 Å². The van der Waals surface area contributed by atoms with E-state index in [2.05, 4.69) is 26.2 Å². The van der Waals surface area contributed by atoms with Gasteiger partial charge in [-0.3, -0.25) is 0 Å². The molecule has 5 heteroatoms. The average Bonchev–Trinajstić information content (AvgIpc) is 2.42. The largest absolute Gasteiger partial charge is 0.476 e. The van der Waals surface area contributed by atoms with Crippen LogP contribution in [0.2, 0.25) is 0 Å². The number of nitrogens with one attached hydrogen (secondary N) is 1. The van der Waals surface area contributed by atoms with Crippen LogP contribution in [-0.4, -0.2) is 11.6 Å². The molecule has 0 unspecified atom stereocenters. The van der Waals surface area contributed by atoms with Gasteiger partial charge in [0, 0.05) is 10.2 Å². The first-order valence-electron chi connectivity index (χ1n) is 6.52. The lowest BCUT2D eigenvalue weighted by molar-refractivity contribution is 0.307. The molecule has 1 aromatic carbocycles. The predicted molar refractivity (Wildman–Crippen MR) is 86.6 cm³/mol. The van der Waals surface area contributed by atoms with Gasteiger partial charge in [-0.15, -0.1) is 0 Å². The van der Waals surface area contributed by atoms with Crippen molar-refractivity contribution in [3.05, 3.63) is 40.4 Å². The van der Waals surface area contributed by atoms with E-state index < -0.39 is 0 Å². The molecule has 4 nitrogen and oxygen atoms in total. The van der Waals surface area contributed by atoms with E-state index >= 15 is 0 Å². The fraction of sp³-hybridized carbons (Fsp3) is 0.267. The highest BCUT2D eigenvalue weighted by Gasteiger charge is 2.06. The number of aromatic nitrogens is 1. The van der Waals surface area contributed by atoms with Crippen LogP contribution in [0.25, 0.3) is 0 Å². The first-order chi connectivity index (χ1) is 9.60. The van der Waals surface area contributed by atoms with Crippen LogP contribution in [0.1, 0.15) is 18.9 Å². The molecule has 0 bridgehead atoms. The van der Waals surface area contributed by atoms with E-state index in [1.54, 1.807) is 6.07 Å². The van der Waals surface area contributed by atoms with Crippen LogP contribution < -0.4 is 15.8 Å². The molecule has 0 spiro atoms. The first kappa shape index (κ1) is 14.7. The van der Waals surface area contributed by atoms with E-state index in [1.165, 1.54) is 0 Å². The van der Waals surface area contributed by atoms with Crippen molar-refractivity contribution in [2.75, 3.05) is 17.7 Å². The summed E-state index contributed by atoms with van der Waals surface area (Å²) in [5.41, 5.74) is 8.54. The standard InChI is InChI=1S/C15H18BrN3O/c1-3-8-20-15-12(17)5-7-14(19-15)18-13-6-4-11(16)9-10(13)2/h4-7,9H,3,8,17H2,1-2H3,(H,18,19). The summed E-state index contributed by atoms with van der Waals surface area (Å²) in [6, 6.07) is 9.68. The Kier molecular flexibility index (Phi) is 4.84. The smallest absolute Gasteiger partial charge is 0.239 e. The molecule has 0 saturated carbocycles. The van der Waals surface area contributed by atoms with Crippen molar-refractivity contribution in [2.24, 2.45) is 0 Å². The normalized spacial score (nSPS) is 10.3. The minimum atomic E-state index is 0.478. The van der Waals surface area contributed by atoms with E-state index in [0.29, 0.717) is 18.2 Å². The minimum absolute atomic E-state index is 0.478. The molecule has 2 aromatic rings. The Labute approximate surface area is 127 Å². The third-order valence-corrected chi connectivity index (χ3v) is 3.28. The third-order valence-electron chi connectivity index (χ3n) is 2.78. The Bertz CT molecular complexity index is 602. The van der Waals surface area contributed by atoms with Crippen molar-refractivity contribution in [2.45, 2.75) is 20.3 Å². The number of nitrogens with zero attached hydrogens (tertiary/aromatic N) is 1. The molecule has 0 fully saturated rings. The summed E-state index contributed by atoms with van der Waals surface area (Å²) in [7, 11) is 0. The Morgan fingerprint density at radius 2 is 2.10 bits per heavy atom. The summed E-state index contributed by atoms with van der Waals surface area (Å²) in [6.45, 7) is 4.69. The summed E-state index contributed by atoms with van der Waals surface area (Å²) >= 11 is 3.45. The van der Waals surface area contributed by atoms with Crippen LogP contribution in [0.3, 0.4) is 0 Å². The molecule has 0 aliphatic rings. The highest BCUT2D eigenvalue weighted by Crippen LogP contribution is 2.26. The highest BCUT2D eigenvalue weighted by atomic mass is 79.9. The molecule has 1 aromatic heterocycles. The van der Waals surface area contributed by atoms with Gasteiger partial charge in [-0.05, 0) is 49.2 Å². The number of rotatable bonds is 5. The minimum Gasteiger partial charge on any atom is -0.476 e. The van der Waals surface area contributed by atoms with Crippen molar-refractivity contribution >= 4 is 33.1 Å². The van der Waals surface area contributed by atoms with Crippen LogP contribution in [0.15, 0.2) is 34.8 Å². The maximum Gasteiger partial charge on any atom is 0.239 e. The quantitative estimate of drug-likeness (QED) is 0.856. The number of ether oxygens (including phenoxy) is 1. The molecule has 0 amide bonds. The summed E-state index contributed by atoms with van der Waals surface area (Å²) in [5, 5.41) is 3.28. The Morgan fingerprint density at radius 1 is 1.30 bits per heavy atom. The maximum atomic E-state index is 5.85. The first-order valence-corrected chi connectivity index (χ1v) is 7.32. The zero-order chi connectivity index (χ0) is 14.5. The Hall–Kier alpha value is -1.75. The van der Waals surface area contributed by atoms with Gasteiger partial charge in [-0.25, -0.2) is 0 Å². The average molecular weight is 336 g/mol. The van der Waals surface area contributed by atoms with Gasteiger partial charge in [-0.1, -0.05) is 22.9 Å². The molecule has 0 radical (unpaired) electrons. The second-order valence-corrected chi connectivity index (χ2v) is 5.44. The SMILES string of the molecule is CCCOc1nc(Nc2ccc(Br)cc2C)ccc1N. The topological polar surface area (TPSA) is 60.2 Å². The molecule has 2 rings (SSSR count). The fourth-order valence-electron chi connectivity index (χ4n) is 1.74. The van der Waals surface area contributed by atoms with Crippen molar-refractivity contribution in [1.29, 1.82) is 0 Å². The van der Waals surface area contributed by atoms with Crippen LogP contribution in [0.4, 0.5) is 17.2 Å². The molecule has 3 N–H and O–H groups in total. The molecule has 0 atom stereocenters. The van der Waals surface area contributed by atoms with Gasteiger partial charge < -0.3 is 15.8 Å². The van der Waals surface area contributed by atoms with Gasteiger partial charge in [0.25, 0.3) is 0 Å². The number of nitrogen functional groups attached to an aromatic ring is 1. The van der Waals surface area contributed by atoms with Crippen LogP contribution in [-0.2, 0) is 0 Å². The zero-order valence-electron chi connectivity index (χ0n) is 11.6. The Morgan fingerprint density at radius 3 is 2.80 bits per heavy atom. The van der Waals surface area contributed by atoms with Crippen molar-refractivity contribution < 1.29 is 4.74 Å². The van der Waals surface area contributed by atoms with E-state index in [1.807, 2.05) is 38.1 Å². The van der Waals surface area contributed by atoms with E-state index in [-0.39, 0.29) is 0 Å². The monoisotopic (exact) mass is 335 g/mol. The van der Waals surface area contributed by atoms with Crippen molar-refractivity contribution in [1.82, 2.24) is 4.98 Å². The zero-order valence-corrected chi connectivity index (χ0v) is 13.2. The van der Waals surface area contributed by atoms with E-state index in [4.69, 9.17) is 10.5 Å². The van der Waals surface area contributed by atoms with Crippen molar-refractivity contribution in [3.8, 4) is 5.88 Å². The lowest BCUT2D eigenvalue weighted by Crippen LogP contribution is -2.03. The van der Waals surface area contributed by atoms with Gasteiger partial charge in [0.2, 0.25) is 5.88 Å². The number of halogens is 1. The highest BCUT2D eigenvalue weighted by molar-refractivity contribution is 9.10. The van der Waals surface area contributed by atoms with Gasteiger partial charge in [0.05, 0.1) is 12.3 Å². The molecule has 20 heavy (non-hydrogen) atoms. The van der Waals surface area contributed by atoms with Crippen LogP contribution in [0.5, 0.6) is 5.88 Å². The number of benzene rings is 1. The fourth-order valence-corrected chi connectivity index (χ4v) is 2.22. The van der Waals surface area contributed by atoms with Gasteiger partial charge in [0.1, 0.15) is 5.82 Å². The molecule has 0 aliphatic heterocycles. The summed E-state index contributed by atoms with van der Waals surface area (Å²) in [6.07, 6.45) is 0.921. The molecular weight excluding hydrogens is 318 g/mol. The number of nitrogens with two attached hydrogens (primary N) is 1. The number of pyridine rings is 1. The number of hydrogen-bond donors (Lipinski definition) is 2. The molecule has 106 valence electrons. The molecule has 1 heterocycles. The van der Waals surface area contributed by atoms with Crippen molar-refractivity contribution in [3.63, 3.8) is 0 Å². The summed E-state index contributed by atoms with van der Waals surface area (Å²) < 4.78 is 6.58. The van der Waals surface area contributed by atoms with Crippen LogP contribution in [0, 0.1) is 6.92 Å².